The molecule has 3 rings (SSSR count). The van der Waals surface area contributed by atoms with Crippen LogP contribution in [-0.2, 0) is 0 Å². The van der Waals surface area contributed by atoms with E-state index in [1.807, 2.05) is 19.9 Å². The van der Waals surface area contributed by atoms with E-state index in [0.717, 1.165) is 28.1 Å². The largest absolute Gasteiger partial charge is 0.496 e. The molecule has 2 aromatic carbocycles. The lowest BCUT2D eigenvalue weighted by molar-refractivity contribution is 0.338. The van der Waals surface area contributed by atoms with E-state index in [2.05, 4.69) is 81.2 Å². The van der Waals surface area contributed by atoms with Gasteiger partial charge in [-0.25, -0.2) is 0 Å². The molecule has 3 heteroatoms. The highest BCUT2D eigenvalue weighted by molar-refractivity contribution is 5.84. The van der Waals surface area contributed by atoms with Crippen molar-refractivity contribution >= 4 is 17.5 Å². The van der Waals surface area contributed by atoms with Gasteiger partial charge in [0.05, 0.1) is 7.11 Å². The SMILES string of the molecule is C=Cc1cccc2c1C(=C)N(C)C(c1ccc(C)c(OC)c1C)N2C.CC. The molecule has 0 amide bonds. The predicted octanol–water partition coefficient (Wildman–Crippen LogP) is 6.03. The Labute approximate surface area is 164 Å². The van der Waals surface area contributed by atoms with Crippen molar-refractivity contribution in [2.24, 2.45) is 0 Å². The highest BCUT2D eigenvalue weighted by Gasteiger charge is 2.33. The molecular formula is C24H32N2O. The fraction of sp³-hybridized carbons (Fsp3) is 0.333. The summed E-state index contributed by atoms with van der Waals surface area (Å²) in [6.45, 7) is 16.5. The summed E-state index contributed by atoms with van der Waals surface area (Å²) in [7, 11) is 5.96. The van der Waals surface area contributed by atoms with Crippen molar-refractivity contribution in [3.05, 3.63) is 71.3 Å². The molecule has 0 N–H and O–H groups in total. The summed E-state index contributed by atoms with van der Waals surface area (Å²) in [6.07, 6.45) is 1.96. The van der Waals surface area contributed by atoms with E-state index >= 15 is 0 Å². The molecule has 0 aliphatic carbocycles. The average Bonchev–Trinajstić information content (AvgIpc) is 2.69. The van der Waals surface area contributed by atoms with Gasteiger partial charge in [-0.15, -0.1) is 0 Å². The van der Waals surface area contributed by atoms with E-state index in [1.165, 1.54) is 16.8 Å². The van der Waals surface area contributed by atoms with E-state index in [-0.39, 0.29) is 6.17 Å². The molecule has 0 saturated heterocycles. The Hall–Kier alpha value is -2.68. The second kappa shape index (κ2) is 8.34. The van der Waals surface area contributed by atoms with Gasteiger partial charge in [-0.2, -0.15) is 0 Å². The Morgan fingerprint density at radius 2 is 1.70 bits per heavy atom. The maximum Gasteiger partial charge on any atom is 0.128 e. The molecule has 1 atom stereocenters. The van der Waals surface area contributed by atoms with Crippen LogP contribution in [0.25, 0.3) is 11.8 Å². The van der Waals surface area contributed by atoms with Gasteiger partial charge in [-0.05, 0) is 36.6 Å². The van der Waals surface area contributed by atoms with Crippen molar-refractivity contribution in [1.29, 1.82) is 0 Å². The minimum atomic E-state index is 0.0644. The number of benzene rings is 2. The topological polar surface area (TPSA) is 15.7 Å². The van der Waals surface area contributed by atoms with Crippen LogP contribution in [0.5, 0.6) is 5.75 Å². The summed E-state index contributed by atoms with van der Waals surface area (Å²) >= 11 is 0. The van der Waals surface area contributed by atoms with Crippen LogP contribution in [0.15, 0.2) is 43.5 Å². The molecule has 27 heavy (non-hydrogen) atoms. The lowest BCUT2D eigenvalue weighted by atomic mass is 9.93. The second-order valence-electron chi connectivity index (χ2n) is 6.62. The lowest BCUT2D eigenvalue weighted by Crippen LogP contribution is -2.41. The molecule has 144 valence electrons. The zero-order valence-corrected chi connectivity index (χ0v) is 17.8. The van der Waals surface area contributed by atoms with Crippen LogP contribution < -0.4 is 9.64 Å². The highest BCUT2D eigenvalue weighted by atomic mass is 16.5. The predicted molar refractivity (Wildman–Crippen MR) is 118 cm³/mol. The number of anilines is 1. The van der Waals surface area contributed by atoms with Crippen molar-refractivity contribution in [2.75, 3.05) is 26.1 Å². The summed E-state index contributed by atoms with van der Waals surface area (Å²) in [5, 5.41) is 0. The number of methoxy groups -OCH3 is 1. The first-order valence-electron chi connectivity index (χ1n) is 9.46. The van der Waals surface area contributed by atoms with Gasteiger partial charge in [0, 0.05) is 36.6 Å². The summed E-state index contributed by atoms with van der Waals surface area (Å²) in [5.41, 5.74) is 7.98. The minimum Gasteiger partial charge on any atom is -0.496 e. The quantitative estimate of drug-likeness (QED) is 0.661. The van der Waals surface area contributed by atoms with Gasteiger partial charge in [0.1, 0.15) is 11.9 Å². The zero-order chi connectivity index (χ0) is 20.3. The van der Waals surface area contributed by atoms with Crippen LogP contribution in [-0.4, -0.2) is 26.1 Å². The van der Waals surface area contributed by atoms with Crippen LogP contribution in [0, 0.1) is 13.8 Å². The van der Waals surface area contributed by atoms with Gasteiger partial charge < -0.3 is 14.5 Å². The molecule has 1 aliphatic heterocycles. The fourth-order valence-corrected chi connectivity index (χ4v) is 3.90. The van der Waals surface area contributed by atoms with Gasteiger partial charge in [-0.1, -0.05) is 57.3 Å². The van der Waals surface area contributed by atoms with E-state index in [0.29, 0.717) is 0 Å². The summed E-state index contributed by atoms with van der Waals surface area (Å²) < 4.78 is 5.64. The Balaban J connectivity index is 0.00000126. The number of ether oxygens (including phenoxy) is 1. The molecule has 0 bridgehead atoms. The Bertz CT molecular complexity index is 854. The Kier molecular flexibility index (Phi) is 6.37. The summed E-state index contributed by atoms with van der Waals surface area (Å²) in [6, 6.07) is 10.6. The third-order valence-corrected chi connectivity index (χ3v) is 5.25. The van der Waals surface area contributed by atoms with Crippen LogP contribution in [0.2, 0.25) is 0 Å². The molecule has 1 unspecified atom stereocenters. The monoisotopic (exact) mass is 364 g/mol. The molecule has 3 nitrogen and oxygen atoms in total. The number of aryl methyl sites for hydroxylation is 1. The van der Waals surface area contributed by atoms with Crippen molar-refractivity contribution in [2.45, 2.75) is 33.9 Å². The molecule has 0 fully saturated rings. The normalized spacial score (nSPS) is 15.7. The number of hydrogen-bond donors (Lipinski definition) is 0. The van der Waals surface area contributed by atoms with Gasteiger partial charge in [0.25, 0.3) is 0 Å². The number of hydrogen-bond acceptors (Lipinski definition) is 3. The van der Waals surface area contributed by atoms with Crippen LogP contribution in [0.4, 0.5) is 5.69 Å². The molecule has 0 radical (unpaired) electrons. The van der Waals surface area contributed by atoms with E-state index < -0.39 is 0 Å². The highest BCUT2D eigenvalue weighted by Crippen LogP contribution is 2.45. The molecule has 1 aliphatic rings. The average molecular weight is 365 g/mol. The first kappa shape index (κ1) is 20.6. The van der Waals surface area contributed by atoms with E-state index in [9.17, 15) is 0 Å². The summed E-state index contributed by atoms with van der Waals surface area (Å²) in [4.78, 5) is 4.53. The van der Waals surface area contributed by atoms with Crippen molar-refractivity contribution in [1.82, 2.24) is 4.90 Å². The smallest absolute Gasteiger partial charge is 0.128 e. The number of fused-ring (bicyclic) bond motifs is 1. The molecular weight excluding hydrogens is 332 g/mol. The van der Waals surface area contributed by atoms with Crippen LogP contribution >= 0.6 is 0 Å². The fourth-order valence-electron chi connectivity index (χ4n) is 3.90. The minimum absolute atomic E-state index is 0.0644. The molecule has 0 aromatic heterocycles. The van der Waals surface area contributed by atoms with Crippen molar-refractivity contribution in [3.8, 4) is 5.75 Å². The van der Waals surface area contributed by atoms with Gasteiger partial charge in [0.15, 0.2) is 0 Å². The van der Waals surface area contributed by atoms with E-state index in [4.69, 9.17) is 4.74 Å². The maximum absolute atomic E-state index is 5.64. The van der Waals surface area contributed by atoms with Gasteiger partial charge in [0.2, 0.25) is 0 Å². The first-order valence-corrected chi connectivity index (χ1v) is 9.46. The number of nitrogens with zero attached hydrogens (tertiary/aromatic N) is 2. The Morgan fingerprint density at radius 3 is 2.30 bits per heavy atom. The summed E-state index contributed by atoms with van der Waals surface area (Å²) in [5.74, 6) is 0.954. The maximum atomic E-state index is 5.64. The Morgan fingerprint density at radius 1 is 1.04 bits per heavy atom. The van der Waals surface area contributed by atoms with Crippen molar-refractivity contribution in [3.63, 3.8) is 0 Å². The van der Waals surface area contributed by atoms with Gasteiger partial charge in [-0.3, -0.25) is 0 Å². The molecule has 0 saturated carbocycles. The van der Waals surface area contributed by atoms with E-state index in [1.54, 1.807) is 7.11 Å². The molecule has 1 heterocycles. The standard InChI is InChI=1S/C22H26N2O.C2H6/c1-8-17-10-9-11-19-20(17)16(4)23(5)22(24(19)6)18-13-12-14(2)21(25-7)15(18)3;1-2/h8-13,22H,1,4H2,2-3,5-7H3;1-2H3. The van der Waals surface area contributed by atoms with Gasteiger partial charge >= 0.3 is 0 Å². The molecule has 2 aromatic rings. The second-order valence-corrected chi connectivity index (χ2v) is 6.62. The van der Waals surface area contributed by atoms with Crippen LogP contribution in [0.3, 0.4) is 0 Å². The number of rotatable bonds is 3. The third kappa shape index (κ3) is 3.34. The first-order chi connectivity index (χ1) is 12.9. The lowest BCUT2D eigenvalue weighted by Gasteiger charge is -2.46. The van der Waals surface area contributed by atoms with Crippen molar-refractivity contribution < 1.29 is 4.74 Å². The zero-order valence-electron chi connectivity index (χ0n) is 17.8. The van der Waals surface area contributed by atoms with Crippen LogP contribution in [0.1, 0.15) is 47.8 Å². The molecule has 0 spiro atoms. The third-order valence-electron chi connectivity index (χ3n) is 5.25.